The molecule has 0 spiro atoms. The first-order chi connectivity index (χ1) is 7.82. The molecule has 1 aliphatic carbocycles. The van der Waals surface area contributed by atoms with E-state index in [0.717, 1.165) is 6.42 Å². The molecule has 100 valence electrons. The summed E-state index contributed by atoms with van der Waals surface area (Å²) in [4.78, 5) is 11.2. The number of aliphatic carboxylic acids is 1. The van der Waals surface area contributed by atoms with Crippen molar-refractivity contribution in [3.05, 3.63) is 0 Å². The molecule has 17 heavy (non-hydrogen) atoms. The van der Waals surface area contributed by atoms with Crippen LogP contribution in [0, 0.1) is 5.41 Å². The smallest absolute Gasteiger partial charge is 0.310 e. The molecule has 0 aromatic rings. The summed E-state index contributed by atoms with van der Waals surface area (Å²) in [7, 11) is -3.60. The lowest BCUT2D eigenvalue weighted by Crippen LogP contribution is -2.50. The van der Waals surface area contributed by atoms with Crippen molar-refractivity contribution in [2.45, 2.75) is 45.6 Å². The van der Waals surface area contributed by atoms with Crippen LogP contribution in [0.3, 0.4) is 0 Å². The SMILES string of the molecule is CCCNS(=O)(=O)NC1CCCC1(C)C(=O)O. The second-order valence-corrected chi connectivity index (χ2v) is 6.21. The average Bonchev–Trinajstić information content (AvgIpc) is 2.58. The first-order valence-electron chi connectivity index (χ1n) is 5.82. The molecule has 1 aliphatic rings. The van der Waals surface area contributed by atoms with E-state index >= 15 is 0 Å². The van der Waals surface area contributed by atoms with E-state index in [9.17, 15) is 13.2 Å². The van der Waals surface area contributed by atoms with Crippen molar-refractivity contribution >= 4 is 16.2 Å². The third-order valence-electron chi connectivity index (χ3n) is 3.29. The average molecular weight is 264 g/mol. The molecule has 1 rings (SSSR count). The van der Waals surface area contributed by atoms with Crippen molar-refractivity contribution < 1.29 is 18.3 Å². The van der Waals surface area contributed by atoms with Gasteiger partial charge in [-0.15, -0.1) is 0 Å². The summed E-state index contributed by atoms with van der Waals surface area (Å²) in [6, 6.07) is -0.533. The van der Waals surface area contributed by atoms with Gasteiger partial charge in [-0.05, 0) is 26.2 Å². The van der Waals surface area contributed by atoms with E-state index in [1.165, 1.54) is 0 Å². The van der Waals surface area contributed by atoms with Crippen LogP contribution >= 0.6 is 0 Å². The van der Waals surface area contributed by atoms with Crippen LogP contribution in [0.25, 0.3) is 0 Å². The Morgan fingerprint density at radius 3 is 2.71 bits per heavy atom. The van der Waals surface area contributed by atoms with E-state index in [-0.39, 0.29) is 0 Å². The molecule has 2 unspecified atom stereocenters. The van der Waals surface area contributed by atoms with E-state index in [1.807, 2.05) is 6.92 Å². The monoisotopic (exact) mass is 264 g/mol. The minimum atomic E-state index is -3.60. The summed E-state index contributed by atoms with van der Waals surface area (Å²) in [6.45, 7) is 3.81. The maximum Gasteiger partial charge on any atom is 0.310 e. The van der Waals surface area contributed by atoms with Gasteiger partial charge in [0, 0.05) is 12.6 Å². The Kier molecular flexibility index (Phi) is 4.51. The summed E-state index contributed by atoms with van der Waals surface area (Å²) in [5, 5.41) is 9.16. The summed E-state index contributed by atoms with van der Waals surface area (Å²) in [5.74, 6) is -0.946. The van der Waals surface area contributed by atoms with Crippen molar-refractivity contribution in [1.82, 2.24) is 9.44 Å². The minimum absolute atomic E-state index is 0.353. The van der Waals surface area contributed by atoms with Crippen molar-refractivity contribution in [1.29, 1.82) is 0 Å². The number of hydrogen-bond donors (Lipinski definition) is 3. The van der Waals surface area contributed by atoms with Gasteiger partial charge in [-0.1, -0.05) is 13.3 Å². The first kappa shape index (κ1) is 14.4. The van der Waals surface area contributed by atoms with E-state index in [1.54, 1.807) is 6.92 Å². The van der Waals surface area contributed by atoms with Crippen molar-refractivity contribution in [2.75, 3.05) is 6.54 Å². The molecule has 3 N–H and O–H groups in total. The summed E-state index contributed by atoms with van der Waals surface area (Å²) < 4.78 is 28.1. The summed E-state index contributed by atoms with van der Waals surface area (Å²) >= 11 is 0. The van der Waals surface area contributed by atoms with E-state index < -0.39 is 27.6 Å². The third-order valence-corrected chi connectivity index (χ3v) is 4.47. The van der Waals surface area contributed by atoms with Crippen LogP contribution in [-0.4, -0.2) is 32.1 Å². The number of rotatable bonds is 6. The fourth-order valence-corrected chi connectivity index (χ4v) is 3.39. The Hall–Kier alpha value is -0.660. The number of nitrogens with one attached hydrogen (secondary N) is 2. The lowest BCUT2D eigenvalue weighted by Gasteiger charge is -2.27. The second-order valence-electron chi connectivity index (χ2n) is 4.68. The van der Waals surface area contributed by atoms with Gasteiger partial charge in [-0.2, -0.15) is 13.1 Å². The normalized spacial score (nSPS) is 29.4. The highest BCUT2D eigenvalue weighted by Crippen LogP contribution is 2.38. The van der Waals surface area contributed by atoms with Crippen LogP contribution in [0.15, 0.2) is 0 Å². The predicted molar refractivity (Wildman–Crippen MR) is 63.7 cm³/mol. The Labute approximate surface area is 102 Å². The quantitative estimate of drug-likeness (QED) is 0.649. The molecule has 0 amide bonds. The van der Waals surface area contributed by atoms with Crippen molar-refractivity contribution in [2.24, 2.45) is 5.41 Å². The van der Waals surface area contributed by atoms with Crippen LogP contribution in [0.2, 0.25) is 0 Å². The Bertz CT molecular complexity index is 382. The maximum atomic E-state index is 11.6. The van der Waals surface area contributed by atoms with Crippen LogP contribution in [0.5, 0.6) is 0 Å². The molecule has 1 fully saturated rings. The van der Waals surface area contributed by atoms with Gasteiger partial charge in [0.05, 0.1) is 5.41 Å². The van der Waals surface area contributed by atoms with Gasteiger partial charge in [-0.3, -0.25) is 4.79 Å². The van der Waals surface area contributed by atoms with Crippen LogP contribution in [0.1, 0.15) is 39.5 Å². The maximum absolute atomic E-state index is 11.6. The summed E-state index contributed by atoms with van der Waals surface area (Å²) in [6.07, 6.45) is 2.49. The number of carbonyl (C=O) groups is 1. The fraction of sp³-hybridized carbons (Fsp3) is 0.900. The van der Waals surface area contributed by atoms with Gasteiger partial charge >= 0.3 is 5.97 Å². The van der Waals surface area contributed by atoms with Gasteiger partial charge in [0.1, 0.15) is 0 Å². The zero-order valence-corrected chi connectivity index (χ0v) is 11.0. The van der Waals surface area contributed by atoms with Crippen molar-refractivity contribution in [3.8, 4) is 0 Å². The largest absolute Gasteiger partial charge is 0.481 e. The molecule has 7 heteroatoms. The Morgan fingerprint density at radius 2 is 2.18 bits per heavy atom. The highest BCUT2D eigenvalue weighted by Gasteiger charge is 2.46. The molecular weight excluding hydrogens is 244 g/mol. The predicted octanol–water partition coefficient (Wildman–Crippen LogP) is 0.464. The van der Waals surface area contributed by atoms with Gasteiger partial charge in [0.15, 0.2) is 0 Å². The first-order valence-corrected chi connectivity index (χ1v) is 7.30. The standard InChI is InChI=1S/C10H20N2O4S/c1-3-7-11-17(15,16)12-8-5-4-6-10(8,2)9(13)14/h8,11-12H,3-7H2,1-2H3,(H,13,14). The highest BCUT2D eigenvalue weighted by molar-refractivity contribution is 7.87. The second kappa shape index (κ2) is 5.32. The molecule has 2 atom stereocenters. The van der Waals surface area contributed by atoms with Crippen molar-refractivity contribution in [3.63, 3.8) is 0 Å². The van der Waals surface area contributed by atoms with Crippen LogP contribution < -0.4 is 9.44 Å². The highest BCUT2D eigenvalue weighted by atomic mass is 32.2. The lowest BCUT2D eigenvalue weighted by atomic mass is 9.85. The molecule has 0 aromatic carbocycles. The van der Waals surface area contributed by atoms with Crippen LogP contribution in [0.4, 0.5) is 0 Å². The number of carboxylic acid groups (broad SMARTS) is 1. The molecule has 6 nitrogen and oxygen atoms in total. The zero-order valence-electron chi connectivity index (χ0n) is 10.2. The van der Waals surface area contributed by atoms with E-state index in [4.69, 9.17) is 5.11 Å². The summed E-state index contributed by atoms with van der Waals surface area (Å²) in [5.41, 5.74) is -0.999. The van der Waals surface area contributed by atoms with Gasteiger partial charge < -0.3 is 5.11 Å². The molecule has 0 aliphatic heterocycles. The molecule has 1 saturated carbocycles. The molecule has 0 heterocycles. The molecule has 0 bridgehead atoms. The topological polar surface area (TPSA) is 95.5 Å². The number of hydrogen-bond acceptors (Lipinski definition) is 3. The number of carboxylic acids is 1. The van der Waals surface area contributed by atoms with Gasteiger partial charge in [-0.25, -0.2) is 4.72 Å². The Balaban J connectivity index is 2.71. The molecular formula is C10H20N2O4S. The fourth-order valence-electron chi connectivity index (χ4n) is 2.08. The van der Waals surface area contributed by atoms with Crippen LogP contribution in [-0.2, 0) is 15.0 Å². The molecule has 0 radical (unpaired) electrons. The molecule has 0 aromatic heterocycles. The lowest BCUT2D eigenvalue weighted by molar-refractivity contribution is -0.148. The van der Waals surface area contributed by atoms with E-state index in [2.05, 4.69) is 9.44 Å². The molecule has 0 saturated heterocycles. The van der Waals surface area contributed by atoms with Gasteiger partial charge in [0.25, 0.3) is 10.2 Å². The van der Waals surface area contributed by atoms with E-state index in [0.29, 0.717) is 25.8 Å². The van der Waals surface area contributed by atoms with Gasteiger partial charge in [0.2, 0.25) is 0 Å². The Morgan fingerprint density at radius 1 is 1.53 bits per heavy atom. The zero-order chi connectivity index (χ0) is 13.1. The third kappa shape index (κ3) is 3.40. The minimum Gasteiger partial charge on any atom is -0.481 e.